The number of sulfonamides is 1. The average Bonchev–Trinajstić information content (AvgIpc) is 3.16. The first-order valence-corrected chi connectivity index (χ1v) is 14.1. The highest BCUT2D eigenvalue weighted by molar-refractivity contribution is 7.92. The summed E-state index contributed by atoms with van der Waals surface area (Å²) in [4.78, 5) is 18.1. The van der Waals surface area contributed by atoms with Crippen LogP contribution in [0.1, 0.15) is 22.8 Å². The summed E-state index contributed by atoms with van der Waals surface area (Å²) >= 11 is 13.9. The zero-order valence-electron chi connectivity index (χ0n) is 19.5. The van der Waals surface area contributed by atoms with Crippen LogP contribution in [0.2, 0.25) is 10.0 Å². The molecular weight excluding hydrogens is 541 g/mol. The molecule has 0 aliphatic carbocycles. The summed E-state index contributed by atoms with van der Waals surface area (Å²) in [5.41, 5.74) is 1.89. The summed E-state index contributed by atoms with van der Waals surface area (Å²) in [6.45, 7) is 5.13. The summed E-state index contributed by atoms with van der Waals surface area (Å²) in [5, 5.41) is 0.907. The second-order valence-corrected chi connectivity index (χ2v) is 11.4. The molecule has 0 aliphatic rings. The van der Waals surface area contributed by atoms with Gasteiger partial charge in [0.25, 0.3) is 15.9 Å². The number of carbonyl (C=O) groups excluding carboxylic acids is 1. The number of halogens is 2. The first-order valence-electron chi connectivity index (χ1n) is 11.0. The van der Waals surface area contributed by atoms with Gasteiger partial charge in [-0.1, -0.05) is 64.4 Å². The van der Waals surface area contributed by atoms with Crippen molar-refractivity contribution in [2.75, 3.05) is 17.9 Å². The number of fused-ring (bicyclic) bond motifs is 1. The first kappa shape index (κ1) is 26.4. The summed E-state index contributed by atoms with van der Waals surface area (Å²) in [6, 6.07) is 16.2. The lowest BCUT2D eigenvalue weighted by molar-refractivity contribution is 0.0997. The highest BCUT2D eigenvalue weighted by atomic mass is 35.5. The molecule has 7 nitrogen and oxygen atoms in total. The molecule has 36 heavy (non-hydrogen) atoms. The second kappa shape index (κ2) is 11.1. The molecule has 1 heterocycles. The minimum absolute atomic E-state index is 0.0945. The zero-order chi connectivity index (χ0) is 25.9. The molecule has 1 N–H and O–H groups in total. The summed E-state index contributed by atoms with van der Waals surface area (Å²) in [7, 11) is -3.91. The minimum atomic E-state index is -3.91. The van der Waals surface area contributed by atoms with Crippen molar-refractivity contribution < 1.29 is 17.9 Å². The van der Waals surface area contributed by atoms with Gasteiger partial charge in [0, 0.05) is 18.2 Å². The van der Waals surface area contributed by atoms with Gasteiger partial charge in [-0.25, -0.2) is 8.42 Å². The highest BCUT2D eigenvalue weighted by Gasteiger charge is 2.19. The van der Waals surface area contributed by atoms with Gasteiger partial charge in [0.05, 0.1) is 38.0 Å². The van der Waals surface area contributed by atoms with Crippen LogP contribution < -0.4 is 9.52 Å². The molecule has 0 atom stereocenters. The molecule has 1 amide bonds. The molecule has 4 aromatic rings. The van der Waals surface area contributed by atoms with Crippen molar-refractivity contribution in [1.29, 1.82) is 0 Å². The van der Waals surface area contributed by atoms with Gasteiger partial charge in [-0.05, 0) is 50.2 Å². The van der Waals surface area contributed by atoms with Crippen LogP contribution in [0.4, 0.5) is 5.69 Å². The van der Waals surface area contributed by atoms with Gasteiger partial charge in [0.15, 0.2) is 4.80 Å². The number of amides is 1. The monoisotopic (exact) mass is 563 g/mol. The largest absolute Gasteiger partial charge is 0.380 e. The summed E-state index contributed by atoms with van der Waals surface area (Å²) in [5.74, 6) is -0.601. The predicted molar refractivity (Wildman–Crippen MR) is 145 cm³/mol. The van der Waals surface area contributed by atoms with E-state index in [-0.39, 0.29) is 16.1 Å². The van der Waals surface area contributed by atoms with Crippen molar-refractivity contribution in [2.24, 2.45) is 4.99 Å². The van der Waals surface area contributed by atoms with Crippen molar-refractivity contribution in [1.82, 2.24) is 4.57 Å². The van der Waals surface area contributed by atoms with Crippen molar-refractivity contribution in [3.05, 3.63) is 86.6 Å². The van der Waals surface area contributed by atoms with Gasteiger partial charge in [0.1, 0.15) is 0 Å². The van der Waals surface area contributed by atoms with Crippen molar-refractivity contribution in [2.45, 2.75) is 25.3 Å². The second-order valence-electron chi connectivity index (χ2n) is 7.85. The highest BCUT2D eigenvalue weighted by Crippen LogP contribution is 2.30. The number of hydrogen-bond donors (Lipinski definition) is 1. The molecule has 0 radical (unpaired) electrons. The molecule has 0 spiro atoms. The average molecular weight is 565 g/mol. The van der Waals surface area contributed by atoms with E-state index in [1.807, 2.05) is 18.4 Å². The number of nitrogens with one attached hydrogen (secondary N) is 1. The Kier molecular flexibility index (Phi) is 8.17. The number of benzene rings is 3. The number of ether oxygens (including phenoxy) is 1. The third kappa shape index (κ3) is 5.82. The fourth-order valence-electron chi connectivity index (χ4n) is 3.55. The van der Waals surface area contributed by atoms with Crippen LogP contribution in [0.25, 0.3) is 10.2 Å². The molecule has 188 valence electrons. The van der Waals surface area contributed by atoms with E-state index in [0.29, 0.717) is 40.1 Å². The lowest BCUT2D eigenvalue weighted by Crippen LogP contribution is -2.20. The molecule has 0 saturated heterocycles. The number of anilines is 1. The minimum Gasteiger partial charge on any atom is -0.380 e. The topological polar surface area (TPSA) is 89.8 Å². The molecule has 0 fully saturated rings. The SMILES string of the molecule is CCOCCn1c(=NC(=O)c2ccccc2NS(=O)(=O)c2ccc(C)cc2)sc2cc(Cl)cc(Cl)c21. The van der Waals surface area contributed by atoms with E-state index in [0.717, 1.165) is 10.3 Å². The third-order valence-electron chi connectivity index (χ3n) is 5.29. The van der Waals surface area contributed by atoms with Gasteiger partial charge in [-0.3, -0.25) is 9.52 Å². The first-order chi connectivity index (χ1) is 17.2. The Labute approximate surface area is 223 Å². The van der Waals surface area contributed by atoms with Crippen LogP contribution in [0.5, 0.6) is 0 Å². The fourth-order valence-corrected chi connectivity index (χ4v) is 6.47. The Morgan fingerprint density at radius 1 is 1.11 bits per heavy atom. The number of thiazole rings is 1. The molecule has 0 unspecified atom stereocenters. The number of para-hydroxylation sites is 1. The number of hydrogen-bond acceptors (Lipinski definition) is 5. The van der Waals surface area contributed by atoms with Gasteiger partial charge < -0.3 is 9.30 Å². The van der Waals surface area contributed by atoms with Crippen molar-refractivity contribution in [3.8, 4) is 0 Å². The maximum Gasteiger partial charge on any atom is 0.281 e. The van der Waals surface area contributed by atoms with Crippen LogP contribution >= 0.6 is 34.5 Å². The maximum absolute atomic E-state index is 13.3. The Morgan fingerprint density at radius 2 is 1.83 bits per heavy atom. The smallest absolute Gasteiger partial charge is 0.281 e. The molecular formula is C25H23Cl2N3O4S2. The molecule has 0 aliphatic heterocycles. The van der Waals surface area contributed by atoms with Crippen LogP contribution in [0.3, 0.4) is 0 Å². The Balaban J connectivity index is 1.75. The normalized spacial score (nSPS) is 12.3. The molecule has 1 aromatic heterocycles. The standard InChI is InChI=1S/C25H23Cl2N3O4S2/c1-3-34-13-12-30-23-20(27)14-17(26)15-22(23)35-25(30)28-24(31)19-6-4-5-7-21(19)29-36(32,33)18-10-8-16(2)9-11-18/h4-11,14-15,29H,3,12-13H2,1-2H3. The van der Waals surface area contributed by atoms with Crippen LogP contribution in [-0.2, 0) is 21.3 Å². The van der Waals surface area contributed by atoms with E-state index in [2.05, 4.69) is 9.71 Å². The fraction of sp³-hybridized carbons (Fsp3) is 0.200. The molecule has 0 saturated carbocycles. The number of carbonyl (C=O) groups is 1. The zero-order valence-corrected chi connectivity index (χ0v) is 22.6. The quantitative estimate of drug-likeness (QED) is 0.270. The van der Waals surface area contributed by atoms with E-state index < -0.39 is 15.9 Å². The van der Waals surface area contributed by atoms with Gasteiger partial charge in [0.2, 0.25) is 0 Å². The molecule has 0 bridgehead atoms. The summed E-state index contributed by atoms with van der Waals surface area (Å²) < 4.78 is 36.5. The van der Waals surface area contributed by atoms with Gasteiger partial charge in [-0.15, -0.1) is 0 Å². The number of nitrogens with zero attached hydrogens (tertiary/aromatic N) is 2. The van der Waals surface area contributed by atoms with E-state index in [1.54, 1.807) is 36.4 Å². The van der Waals surface area contributed by atoms with Crippen LogP contribution in [0, 0.1) is 6.92 Å². The lowest BCUT2D eigenvalue weighted by Gasteiger charge is -2.11. The van der Waals surface area contributed by atoms with Crippen molar-refractivity contribution >= 4 is 66.4 Å². The van der Waals surface area contributed by atoms with Gasteiger partial charge in [-0.2, -0.15) is 4.99 Å². The van der Waals surface area contributed by atoms with Crippen LogP contribution in [-0.4, -0.2) is 32.1 Å². The van der Waals surface area contributed by atoms with Gasteiger partial charge >= 0.3 is 0 Å². The van der Waals surface area contributed by atoms with Crippen molar-refractivity contribution in [3.63, 3.8) is 0 Å². The number of rotatable bonds is 8. The van der Waals surface area contributed by atoms with E-state index in [9.17, 15) is 13.2 Å². The molecule has 4 rings (SSSR count). The Bertz CT molecular complexity index is 1590. The summed E-state index contributed by atoms with van der Waals surface area (Å²) in [6.07, 6.45) is 0. The van der Waals surface area contributed by atoms with Crippen LogP contribution in [0.15, 0.2) is 70.6 Å². The third-order valence-corrected chi connectivity index (χ3v) is 8.20. The van der Waals surface area contributed by atoms with E-state index in [4.69, 9.17) is 27.9 Å². The Morgan fingerprint density at radius 3 is 2.56 bits per heavy atom. The predicted octanol–water partition coefficient (Wildman–Crippen LogP) is 5.90. The Hall–Kier alpha value is -2.69. The number of aryl methyl sites for hydroxylation is 1. The maximum atomic E-state index is 13.3. The van der Waals surface area contributed by atoms with E-state index in [1.165, 1.54) is 35.6 Å². The lowest BCUT2D eigenvalue weighted by atomic mass is 10.2. The molecule has 11 heteroatoms. The number of aromatic nitrogens is 1. The van der Waals surface area contributed by atoms with E-state index >= 15 is 0 Å². The molecule has 3 aromatic carbocycles.